The number of hydrogen-bond acceptors (Lipinski definition) is 3. The molecule has 0 bridgehead atoms. The lowest BCUT2D eigenvalue weighted by Crippen LogP contribution is -2.41. The van der Waals surface area contributed by atoms with Gasteiger partial charge in [-0.15, -0.1) is 0 Å². The first kappa shape index (κ1) is 22.9. The smallest absolute Gasteiger partial charge is 0.270 e. The molecule has 0 radical (unpaired) electrons. The standard InChI is InChI=1S/C28H25F2N3O2/c29-23-14-11-21(15-24(23)30)20-9-12-22(13-10-20)33-18-31-16-26(33)28(34)32-25-7-4-8-27(25)35-17-19-5-2-1-3-6-19/h1-3,5-6,9-16,18,25,27H,4,7-8,17H2,(H,32,34)/t25-,27+/m0/s1. The third-order valence-electron chi connectivity index (χ3n) is 6.35. The van der Waals surface area contributed by atoms with Crippen LogP contribution < -0.4 is 5.32 Å². The van der Waals surface area contributed by atoms with Gasteiger partial charge in [-0.1, -0.05) is 48.5 Å². The summed E-state index contributed by atoms with van der Waals surface area (Å²) in [5, 5.41) is 3.12. The van der Waals surface area contributed by atoms with Crippen molar-refractivity contribution in [1.82, 2.24) is 14.9 Å². The number of ether oxygens (including phenoxy) is 1. The van der Waals surface area contributed by atoms with E-state index in [9.17, 15) is 13.6 Å². The Morgan fingerprint density at radius 3 is 2.51 bits per heavy atom. The van der Waals surface area contributed by atoms with E-state index < -0.39 is 11.6 Å². The van der Waals surface area contributed by atoms with E-state index in [4.69, 9.17) is 4.74 Å². The Bertz CT molecular complexity index is 1310. The minimum absolute atomic E-state index is 0.0362. The fourth-order valence-electron chi connectivity index (χ4n) is 4.47. The first-order chi connectivity index (χ1) is 17.1. The summed E-state index contributed by atoms with van der Waals surface area (Å²) in [7, 11) is 0. The van der Waals surface area contributed by atoms with Crippen LogP contribution in [0.1, 0.15) is 35.3 Å². The second kappa shape index (κ2) is 10.2. The number of nitrogens with one attached hydrogen (secondary N) is 1. The highest BCUT2D eigenvalue weighted by Gasteiger charge is 2.30. The Hall–Kier alpha value is -3.84. The summed E-state index contributed by atoms with van der Waals surface area (Å²) in [5.74, 6) is -1.99. The lowest BCUT2D eigenvalue weighted by Gasteiger charge is -2.22. The molecule has 0 spiro atoms. The van der Waals surface area contributed by atoms with E-state index in [1.807, 2.05) is 42.5 Å². The van der Waals surface area contributed by atoms with Gasteiger partial charge in [-0.25, -0.2) is 13.8 Å². The third-order valence-corrected chi connectivity index (χ3v) is 6.35. The molecule has 35 heavy (non-hydrogen) atoms. The number of rotatable bonds is 7. The Labute approximate surface area is 202 Å². The number of carbonyl (C=O) groups is 1. The quantitative estimate of drug-likeness (QED) is 0.375. The highest BCUT2D eigenvalue weighted by atomic mass is 19.2. The molecular formula is C28H25F2N3O2. The van der Waals surface area contributed by atoms with Crippen LogP contribution in [-0.4, -0.2) is 27.6 Å². The SMILES string of the molecule is O=C(N[C@H]1CCC[C@H]1OCc1ccccc1)c1cncn1-c1ccc(-c2ccc(F)c(F)c2)cc1. The van der Waals surface area contributed by atoms with Gasteiger partial charge in [-0.2, -0.15) is 0 Å². The van der Waals surface area contributed by atoms with Crippen LogP contribution in [0.15, 0.2) is 85.3 Å². The second-order valence-electron chi connectivity index (χ2n) is 8.67. The molecule has 0 aliphatic heterocycles. The maximum Gasteiger partial charge on any atom is 0.270 e. The largest absolute Gasteiger partial charge is 0.371 e. The zero-order valence-corrected chi connectivity index (χ0v) is 19.0. The van der Waals surface area contributed by atoms with Gasteiger partial charge in [0.2, 0.25) is 0 Å². The fraction of sp³-hybridized carbons (Fsp3) is 0.214. The number of benzene rings is 3. The molecule has 4 aromatic rings. The Morgan fingerprint density at radius 2 is 1.74 bits per heavy atom. The predicted molar refractivity (Wildman–Crippen MR) is 129 cm³/mol. The monoisotopic (exact) mass is 473 g/mol. The Kier molecular flexibility index (Phi) is 6.68. The van der Waals surface area contributed by atoms with Crippen LogP contribution in [0.2, 0.25) is 0 Å². The van der Waals surface area contributed by atoms with Crippen molar-refractivity contribution in [2.75, 3.05) is 0 Å². The number of hydrogen-bond donors (Lipinski definition) is 1. The average molecular weight is 474 g/mol. The van der Waals surface area contributed by atoms with E-state index >= 15 is 0 Å². The maximum atomic E-state index is 13.6. The maximum absolute atomic E-state index is 13.6. The molecule has 1 saturated carbocycles. The van der Waals surface area contributed by atoms with E-state index in [0.29, 0.717) is 17.9 Å². The van der Waals surface area contributed by atoms with E-state index in [0.717, 1.165) is 48.2 Å². The van der Waals surface area contributed by atoms with E-state index in [1.165, 1.54) is 12.3 Å². The summed E-state index contributed by atoms with van der Waals surface area (Å²) < 4.78 is 34.7. The van der Waals surface area contributed by atoms with Crippen LogP contribution >= 0.6 is 0 Å². The summed E-state index contributed by atoms with van der Waals surface area (Å²) in [4.78, 5) is 17.3. The number of aromatic nitrogens is 2. The van der Waals surface area contributed by atoms with Crippen LogP contribution in [0.5, 0.6) is 0 Å². The molecule has 2 atom stereocenters. The first-order valence-electron chi connectivity index (χ1n) is 11.6. The minimum atomic E-state index is -0.891. The molecule has 1 heterocycles. The van der Waals surface area contributed by atoms with Gasteiger partial charge in [-0.3, -0.25) is 9.36 Å². The second-order valence-corrected chi connectivity index (χ2v) is 8.67. The average Bonchev–Trinajstić information content (AvgIpc) is 3.55. The molecule has 0 saturated heterocycles. The third kappa shape index (κ3) is 5.15. The van der Waals surface area contributed by atoms with Gasteiger partial charge in [-0.05, 0) is 60.2 Å². The van der Waals surface area contributed by atoms with Crippen LogP contribution in [0.25, 0.3) is 16.8 Å². The summed E-state index contributed by atoms with van der Waals surface area (Å²) in [6.45, 7) is 0.514. The Balaban J connectivity index is 1.27. The topological polar surface area (TPSA) is 56.1 Å². The molecule has 1 aliphatic carbocycles. The van der Waals surface area contributed by atoms with Crippen LogP contribution in [0.4, 0.5) is 8.78 Å². The molecule has 0 unspecified atom stereocenters. The molecule has 1 aromatic heterocycles. The minimum Gasteiger partial charge on any atom is -0.371 e. The van der Waals surface area contributed by atoms with Crippen LogP contribution in [-0.2, 0) is 11.3 Å². The summed E-state index contributed by atoms with van der Waals surface area (Å²) in [6, 6.07) is 21.0. The number of amides is 1. The van der Waals surface area contributed by atoms with E-state index in [1.54, 1.807) is 23.0 Å². The molecule has 5 rings (SSSR count). The van der Waals surface area contributed by atoms with Gasteiger partial charge in [0.15, 0.2) is 11.6 Å². The zero-order chi connectivity index (χ0) is 24.2. The lowest BCUT2D eigenvalue weighted by molar-refractivity contribution is 0.0271. The van der Waals surface area contributed by atoms with Crippen molar-refractivity contribution in [1.29, 1.82) is 0 Å². The molecule has 1 amide bonds. The van der Waals surface area contributed by atoms with Gasteiger partial charge in [0.25, 0.3) is 5.91 Å². The lowest BCUT2D eigenvalue weighted by atomic mass is 10.1. The van der Waals surface area contributed by atoms with Crippen molar-refractivity contribution >= 4 is 5.91 Å². The summed E-state index contributed by atoms with van der Waals surface area (Å²) >= 11 is 0. The van der Waals surface area contributed by atoms with E-state index in [-0.39, 0.29) is 18.1 Å². The van der Waals surface area contributed by atoms with Crippen molar-refractivity contribution in [2.45, 2.75) is 38.0 Å². The van der Waals surface area contributed by atoms with Crippen molar-refractivity contribution in [3.63, 3.8) is 0 Å². The number of halogens is 2. The van der Waals surface area contributed by atoms with Crippen LogP contribution in [0, 0.1) is 11.6 Å². The van der Waals surface area contributed by atoms with Gasteiger partial charge in [0.1, 0.15) is 5.69 Å². The molecule has 1 N–H and O–H groups in total. The van der Waals surface area contributed by atoms with Crippen molar-refractivity contribution in [3.05, 3.63) is 108 Å². The molecule has 1 fully saturated rings. The number of carbonyl (C=O) groups excluding carboxylic acids is 1. The highest BCUT2D eigenvalue weighted by Crippen LogP contribution is 2.25. The van der Waals surface area contributed by atoms with Gasteiger partial charge < -0.3 is 10.1 Å². The van der Waals surface area contributed by atoms with Crippen molar-refractivity contribution in [3.8, 4) is 16.8 Å². The normalized spacial score (nSPS) is 17.4. The summed E-state index contributed by atoms with van der Waals surface area (Å²) in [5.41, 5.74) is 3.57. The fourth-order valence-corrected chi connectivity index (χ4v) is 4.47. The summed E-state index contributed by atoms with van der Waals surface area (Å²) in [6.07, 6.45) is 5.85. The zero-order valence-electron chi connectivity index (χ0n) is 19.0. The van der Waals surface area contributed by atoms with Gasteiger partial charge >= 0.3 is 0 Å². The van der Waals surface area contributed by atoms with E-state index in [2.05, 4.69) is 10.3 Å². The van der Waals surface area contributed by atoms with Gasteiger partial charge in [0.05, 0.1) is 31.3 Å². The molecule has 1 aliphatic rings. The van der Waals surface area contributed by atoms with Crippen molar-refractivity contribution in [2.24, 2.45) is 0 Å². The molecule has 3 aromatic carbocycles. The van der Waals surface area contributed by atoms with Crippen molar-refractivity contribution < 1.29 is 18.3 Å². The highest BCUT2D eigenvalue weighted by molar-refractivity contribution is 5.93. The molecule has 178 valence electrons. The molecule has 7 heteroatoms. The number of imidazole rings is 1. The number of nitrogens with zero attached hydrogens (tertiary/aromatic N) is 2. The first-order valence-corrected chi connectivity index (χ1v) is 11.6. The van der Waals surface area contributed by atoms with Crippen LogP contribution in [0.3, 0.4) is 0 Å². The molecule has 5 nitrogen and oxygen atoms in total. The predicted octanol–water partition coefficient (Wildman–Crippen LogP) is 5.69. The molecular weight excluding hydrogens is 448 g/mol. The Morgan fingerprint density at radius 1 is 0.971 bits per heavy atom. The van der Waals surface area contributed by atoms with Gasteiger partial charge in [0, 0.05) is 5.69 Å².